The van der Waals surface area contributed by atoms with Crippen molar-refractivity contribution in [1.82, 2.24) is 10.6 Å². The van der Waals surface area contributed by atoms with E-state index in [0.717, 1.165) is 0 Å². The van der Waals surface area contributed by atoms with Crippen molar-refractivity contribution >= 4 is 11.9 Å². The summed E-state index contributed by atoms with van der Waals surface area (Å²) in [5.41, 5.74) is -1.92. The fraction of sp³-hybridized carbons (Fsp3) is 0.600. The van der Waals surface area contributed by atoms with Crippen molar-refractivity contribution in [2.24, 2.45) is 0 Å². The maximum atomic E-state index is 11.7. The number of allylic oxidation sites excluding steroid dienone is 2. The zero-order valence-electron chi connectivity index (χ0n) is 13.4. The molecule has 7 heteroatoms. The molecule has 0 aromatic rings. The van der Waals surface area contributed by atoms with E-state index < -0.39 is 23.3 Å². The number of ether oxygens (including phenoxy) is 2. The molecule has 0 aromatic carbocycles. The van der Waals surface area contributed by atoms with Gasteiger partial charge in [-0.25, -0.2) is 0 Å². The molecule has 0 bridgehead atoms. The minimum atomic E-state index is -1.64. The smallest absolute Gasteiger partial charge is 0.325 e. The van der Waals surface area contributed by atoms with Gasteiger partial charge in [-0.05, 0) is 46.0 Å². The molecule has 1 rings (SSSR count). The van der Waals surface area contributed by atoms with Crippen LogP contribution in [0.4, 0.5) is 0 Å². The summed E-state index contributed by atoms with van der Waals surface area (Å²) in [6.07, 6.45) is 4.47. The number of nitrogens with one attached hydrogen (secondary N) is 2. The van der Waals surface area contributed by atoms with Crippen molar-refractivity contribution in [1.29, 1.82) is 0 Å². The van der Waals surface area contributed by atoms with E-state index in [4.69, 9.17) is 9.47 Å². The summed E-state index contributed by atoms with van der Waals surface area (Å²) in [4.78, 5) is 23.3. The van der Waals surface area contributed by atoms with Gasteiger partial charge in [0.05, 0.1) is 18.7 Å². The SMILES string of the molecule is CCOC(=O)CC1(O)NC=CC=C1NCC(=O)OC(C)(C)C. The van der Waals surface area contributed by atoms with Crippen LogP contribution in [0.3, 0.4) is 0 Å². The number of carbonyl (C=O) groups is 2. The number of aliphatic hydroxyl groups is 1. The minimum absolute atomic E-state index is 0.121. The zero-order valence-corrected chi connectivity index (χ0v) is 13.4. The molecule has 1 aliphatic heterocycles. The Labute approximate surface area is 130 Å². The molecule has 22 heavy (non-hydrogen) atoms. The standard InChI is InChI=1S/C15H24N2O5/c1-5-21-12(18)9-15(20)11(7-6-8-17-15)16-10-13(19)22-14(2,3)4/h6-8,16-17,20H,5,9-10H2,1-4H3. The van der Waals surface area contributed by atoms with Crippen molar-refractivity contribution in [3.05, 3.63) is 24.0 Å². The van der Waals surface area contributed by atoms with Crippen molar-refractivity contribution < 1.29 is 24.2 Å². The van der Waals surface area contributed by atoms with Crippen LogP contribution in [0.2, 0.25) is 0 Å². The van der Waals surface area contributed by atoms with Gasteiger partial charge in [-0.3, -0.25) is 9.59 Å². The van der Waals surface area contributed by atoms with Gasteiger partial charge in [0.2, 0.25) is 0 Å². The van der Waals surface area contributed by atoms with E-state index in [2.05, 4.69) is 10.6 Å². The molecular weight excluding hydrogens is 288 g/mol. The van der Waals surface area contributed by atoms with E-state index in [0.29, 0.717) is 5.70 Å². The third-order valence-electron chi connectivity index (χ3n) is 2.68. The topological polar surface area (TPSA) is 96.9 Å². The van der Waals surface area contributed by atoms with Crippen LogP contribution in [0.5, 0.6) is 0 Å². The quantitative estimate of drug-likeness (QED) is 0.617. The largest absolute Gasteiger partial charge is 0.466 e. The lowest BCUT2D eigenvalue weighted by molar-refractivity contribution is -0.153. The van der Waals surface area contributed by atoms with Crippen LogP contribution in [0.15, 0.2) is 24.0 Å². The second-order valence-electron chi connectivity index (χ2n) is 5.87. The first-order chi connectivity index (χ1) is 10.2. The lowest BCUT2D eigenvalue weighted by Gasteiger charge is -2.33. The third-order valence-corrected chi connectivity index (χ3v) is 2.68. The molecule has 0 aliphatic carbocycles. The van der Waals surface area contributed by atoms with Gasteiger partial charge >= 0.3 is 11.9 Å². The Bertz CT molecular complexity index is 479. The number of esters is 2. The van der Waals surface area contributed by atoms with Crippen LogP contribution in [0, 0.1) is 0 Å². The molecule has 0 radical (unpaired) electrons. The molecule has 0 saturated heterocycles. The summed E-state index contributed by atoms with van der Waals surface area (Å²) < 4.78 is 10.0. The van der Waals surface area contributed by atoms with E-state index in [9.17, 15) is 14.7 Å². The molecule has 7 nitrogen and oxygen atoms in total. The molecule has 124 valence electrons. The summed E-state index contributed by atoms with van der Waals surface area (Å²) in [7, 11) is 0. The van der Waals surface area contributed by atoms with Crippen molar-refractivity contribution in [2.75, 3.05) is 13.2 Å². The first-order valence-corrected chi connectivity index (χ1v) is 7.15. The van der Waals surface area contributed by atoms with E-state index >= 15 is 0 Å². The highest BCUT2D eigenvalue weighted by molar-refractivity contribution is 5.73. The fourth-order valence-corrected chi connectivity index (χ4v) is 1.86. The summed E-state index contributed by atoms with van der Waals surface area (Å²) in [5.74, 6) is -1.00. The molecule has 0 amide bonds. The average Bonchev–Trinajstić information content (AvgIpc) is 2.35. The highest BCUT2D eigenvalue weighted by atomic mass is 16.6. The van der Waals surface area contributed by atoms with E-state index in [1.165, 1.54) is 6.20 Å². The zero-order chi connectivity index (χ0) is 16.8. The number of hydrogen-bond acceptors (Lipinski definition) is 7. The third kappa shape index (κ3) is 5.77. The van der Waals surface area contributed by atoms with Gasteiger partial charge in [-0.15, -0.1) is 0 Å². The number of carbonyl (C=O) groups excluding carboxylic acids is 2. The van der Waals surface area contributed by atoms with Crippen LogP contribution in [-0.2, 0) is 19.1 Å². The average molecular weight is 312 g/mol. The van der Waals surface area contributed by atoms with Gasteiger partial charge in [0, 0.05) is 0 Å². The Morgan fingerprint density at radius 3 is 2.64 bits per heavy atom. The summed E-state index contributed by atoms with van der Waals surface area (Å²) in [6, 6.07) is 0. The maximum absolute atomic E-state index is 11.7. The number of rotatable bonds is 6. The summed E-state index contributed by atoms with van der Waals surface area (Å²) in [5, 5.41) is 16.0. The van der Waals surface area contributed by atoms with Gasteiger partial charge in [-0.2, -0.15) is 0 Å². The molecule has 0 spiro atoms. The maximum Gasteiger partial charge on any atom is 0.325 e. The normalized spacial score (nSPS) is 20.7. The van der Waals surface area contributed by atoms with Crippen LogP contribution >= 0.6 is 0 Å². The Morgan fingerprint density at radius 1 is 1.36 bits per heavy atom. The lowest BCUT2D eigenvalue weighted by Crippen LogP contribution is -2.52. The predicted octanol–water partition coefficient (Wildman–Crippen LogP) is 0.560. The summed E-state index contributed by atoms with van der Waals surface area (Å²) in [6.45, 7) is 7.11. The molecule has 0 saturated carbocycles. The monoisotopic (exact) mass is 312 g/mol. The fourth-order valence-electron chi connectivity index (χ4n) is 1.86. The van der Waals surface area contributed by atoms with Crippen LogP contribution in [-0.4, -0.2) is 41.5 Å². The van der Waals surface area contributed by atoms with Crippen molar-refractivity contribution in [2.45, 2.75) is 45.4 Å². The van der Waals surface area contributed by atoms with E-state index in [1.54, 1.807) is 39.8 Å². The van der Waals surface area contributed by atoms with Gasteiger partial charge in [-0.1, -0.05) is 0 Å². The second kappa shape index (κ2) is 7.31. The van der Waals surface area contributed by atoms with Gasteiger partial charge in [0.15, 0.2) is 5.72 Å². The molecular formula is C15H24N2O5. The number of hydrogen-bond donors (Lipinski definition) is 3. The molecule has 0 aromatic heterocycles. The molecule has 0 fully saturated rings. The molecule has 3 N–H and O–H groups in total. The Kier molecular flexibility index (Phi) is 5.99. The highest BCUT2D eigenvalue weighted by Crippen LogP contribution is 2.20. The lowest BCUT2D eigenvalue weighted by atomic mass is 10.0. The highest BCUT2D eigenvalue weighted by Gasteiger charge is 2.35. The molecule has 1 unspecified atom stereocenters. The summed E-state index contributed by atoms with van der Waals surface area (Å²) >= 11 is 0. The van der Waals surface area contributed by atoms with Gasteiger partial charge in [0.1, 0.15) is 12.1 Å². The van der Waals surface area contributed by atoms with Crippen LogP contribution < -0.4 is 10.6 Å². The van der Waals surface area contributed by atoms with Crippen molar-refractivity contribution in [3.8, 4) is 0 Å². The van der Waals surface area contributed by atoms with Crippen molar-refractivity contribution in [3.63, 3.8) is 0 Å². The first kappa shape index (κ1) is 18.0. The van der Waals surface area contributed by atoms with E-state index in [1.807, 2.05) is 0 Å². The molecule has 1 heterocycles. The Morgan fingerprint density at radius 2 is 2.05 bits per heavy atom. The molecule has 1 atom stereocenters. The predicted molar refractivity (Wildman–Crippen MR) is 80.4 cm³/mol. The number of dihydropyridines is 1. The van der Waals surface area contributed by atoms with Crippen LogP contribution in [0.25, 0.3) is 0 Å². The second-order valence-corrected chi connectivity index (χ2v) is 5.87. The van der Waals surface area contributed by atoms with Gasteiger partial charge < -0.3 is 25.2 Å². The van der Waals surface area contributed by atoms with Crippen LogP contribution in [0.1, 0.15) is 34.1 Å². The Balaban J connectivity index is 2.65. The molecule has 1 aliphatic rings. The van der Waals surface area contributed by atoms with E-state index in [-0.39, 0.29) is 19.6 Å². The first-order valence-electron chi connectivity index (χ1n) is 7.15. The minimum Gasteiger partial charge on any atom is -0.466 e. The van der Waals surface area contributed by atoms with Gasteiger partial charge in [0.25, 0.3) is 0 Å². The Hall–Kier alpha value is -2.02.